The van der Waals surface area contributed by atoms with Crippen LogP contribution in [-0.2, 0) is 32.3 Å². The van der Waals surface area contributed by atoms with Gasteiger partial charge < -0.3 is 35.0 Å². The minimum atomic E-state index is -1.82. The van der Waals surface area contributed by atoms with Gasteiger partial charge in [0.1, 0.15) is 5.75 Å². The van der Waals surface area contributed by atoms with Crippen molar-refractivity contribution in [3.8, 4) is 17.2 Å². The van der Waals surface area contributed by atoms with Gasteiger partial charge in [0.2, 0.25) is 6.79 Å². The minimum absolute atomic E-state index is 0.318. The van der Waals surface area contributed by atoms with Crippen molar-refractivity contribution >= 4 is 34.6 Å². The molecule has 2 aliphatic rings. The van der Waals surface area contributed by atoms with Crippen LogP contribution in [0.2, 0.25) is 0 Å². The van der Waals surface area contributed by atoms with Gasteiger partial charge in [-0.05, 0) is 34.5 Å². The quantitative estimate of drug-likeness (QED) is 0.293. The summed E-state index contributed by atoms with van der Waals surface area (Å²) in [4.78, 5) is 41.3. The minimum Gasteiger partial charge on any atom is -0.508 e. The third-order valence-corrected chi connectivity index (χ3v) is 6.07. The number of aliphatic carboxylic acids is 4. The van der Waals surface area contributed by atoms with Crippen LogP contribution in [0, 0.1) is 0 Å². The highest BCUT2D eigenvalue weighted by Gasteiger charge is 2.20. The zero-order valence-corrected chi connectivity index (χ0v) is 21.2. The number of benzene rings is 3. The number of carboxylic acid groups (broad SMARTS) is 4. The Labute approximate surface area is 228 Å². The molecule has 0 atom stereocenters. The molecule has 0 radical (unpaired) electrons. The van der Waals surface area contributed by atoms with Crippen LogP contribution in [0.5, 0.6) is 17.2 Å². The summed E-state index contributed by atoms with van der Waals surface area (Å²) in [6.07, 6.45) is 0. The molecule has 0 aliphatic carbocycles. The molecule has 1 saturated heterocycles. The molecule has 3 aromatic carbocycles. The SMILES string of the molecule is O=C(O)C(=O)O.O=C(O)C(=O)O.Oc1ccc2ccccc2c1CN1CCN(Cc2ccc3c(c2)OCO3)CC1. The average molecular weight is 557 g/mol. The molecule has 0 spiro atoms. The number of phenolic OH excluding ortho intramolecular Hbond substituents is 1. The fraction of sp³-hybridized carbons (Fsp3) is 0.259. The van der Waals surface area contributed by atoms with Crippen LogP contribution in [0.3, 0.4) is 0 Å². The summed E-state index contributed by atoms with van der Waals surface area (Å²) in [7, 11) is 0. The monoisotopic (exact) mass is 556 g/mol. The van der Waals surface area contributed by atoms with Crippen molar-refractivity contribution in [3.05, 3.63) is 65.7 Å². The van der Waals surface area contributed by atoms with E-state index in [1.54, 1.807) is 0 Å². The van der Waals surface area contributed by atoms with E-state index in [1.807, 2.05) is 30.3 Å². The third-order valence-electron chi connectivity index (χ3n) is 6.07. The third kappa shape index (κ3) is 8.31. The molecule has 2 heterocycles. The Balaban J connectivity index is 0.000000311. The van der Waals surface area contributed by atoms with Gasteiger partial charge in [-0.3, -0.25) is 9.80 Å². The first-order valence-electron chi connectivity index (χ1n) is 12.0. The first-order valence-corrected chi connectivity index (χ1v) is 12.0. The molecule has 13 nitrogen and oxygen atoms in total. The smallest absolute Gasteiger partial charge is 0.414 e. The van der Waals surface area contributed by atoms with E-state index in [4.69, 9.17) is 49.1 Å². The molecular formula is C27H28N2O11. The maximum Gasteiger partial charge on any atom is 0.414 e. The topological polar surface area (TPSA) is 194 Å². The highest BCUT2D eigenvalue weighted by molar-refractivity contribution is 6.27. The van der Waals surface area contributed by atoms with Gasteiger partial charge >= 0.3 is 23.9 Å². The van der Waals surface area contributed by atoms with E-state index in [-0.39, 0.29) is 0 Å². The van der Waals surface area contributed by atoms with Crippen molar-refractivity contribution in [3.63, 3.8) is 0 Å². The molecule has 0 unspecified atom stereocenters. The molecule has 0 bridgehead atoms. The molecule has 5 N–H and O–H groups in total. The van der Waals surface area contributed by atoms with Crippen molar-refractivity contribution in [2.75, 3.05) is 33.0 Å². The molecular weight excluding hydrogens is 528 g/mol. The van der Waals surface area contributed by atoms with Crippen LogP contribution in [0.15, 0.2) is 54.6 Å². The van der Waals surface area contributed by atoms with E-state index in [9.17, 15) is 5.11 Å². The fourth-order valence-corrected chi connectivity index (χ4v) is 4.12. The van der Waals surface area contributed by atoms with Crippen molar-refractivity contribution in [1.29, 1.82) is 0 Å². The molecule has 0 saturated carbocycles. The molecule has 2 aliphatic heterocycles. The zero-order valence-electron chi connectivity index (χ0n) is 21.2. The highest BCUT2D eigenvalue weighted by Crippen LogP contribution is 2.33. The van der Waals surface area contributed by atoms with Gasteiger partial charge in [-0.15, -0.1) is 0 Å². The van der Waals surface area contributed by atoms with Gasteiger partial charge in [0.25, 0.3) is 0 Å². The molecule has 40 heavy (non-hydrogen) atoms. The summed E-state index contributed by atoms with van der Waals surface area (Å²) >= 11 is 0. The van der Waals surface area contributed by atoms with Crippen LogP contribution in [0.25, 0.3) is 10.8 Å². The first-order chi connectivity index (χ1) is 19.0. The largest absolute Gasteiger partial charge is 0.508 e. The summed E-state index contributed by atoms with van der Waals surface area (Å²) in [5, 5.41) is 42.3. The Bertz CT molecular complexity index is 1340. The number of ether oxygens (including phenoxy) is 2. The molecule has 0 aromatic heterocycles. The number of nitrogens with zero attached hydrogens (tertiary/aromatic N) is 2. The van der Waals surface area contributed by atoms with Gasteiger partial charge in [-0.2, -0.15) is 0 Å². The fourth-order valence-electron chi connectivity index (χ4n) is 4.12. The molecule has 3 aromatic rings. The zero-order chi connectivity index (χ0) is 29.2. The van der Waals surface area contributed by atoms with Gasteiger partial charge in [0, 0.05) is 44.8 Å². The van der Waals surface area contributed by atoms with Gasteiger partial charge in [0.15, 0.2) is 11.5 Å². The second kappa shape index (κ2) is 13.8. The number of fused-ring (bicyclic) bond motifs is 2. The highest BCUT2D eigenvalue weighted by atomic mass is 16.7. The number of piperazine rings is 1. The van der Waals surface area contributed by atoms with Crippen molar-refractivity contribution in [2.24, 2.45) is 0 Å². The number of carboxylic acids is 4. The Morgan fingerprint density at radius 3 is 1.82 bits per heavy atom. The normalized spacial score (nSPS) is 14.3. The Kier molecular flexibility index (Phi) is 10.2. The number of carbonyl (C=O) groups is 4. The summed E-state index contributed by atoms with van der Waals surface area (Å²) in [5.41, 5.74) is 2.28. The molecule has 212 valence electrons. The Morgan fingerprint density at radius 1 is 0.675 bits per heavy atom. The first kappa shape index (κ1) is 29.7. The van der Waals surface area contributed by atoms with Gasteiger partial charge in [-0.25, -0.2) is 19.2 Å². The van der Waals surface area contributed by atoms with E-state index >= 15 is 0 Å². The number of aromatic hydroxyl groups is 1. The maximum atomic E-state index is 10.4. The number of rotatable bonds is 4. The van der Waals surface area contributed by atoms with E-state index in [2.05, 4.69) is 34.1 Å². The predicted octanol–water partition coefficient (Wildman–Crippen LogP) is 1.90. The van der Waals surface area contributed by atoms with Gasteiger partial charge in [-0.1, -0.05) is 36.4 Å². The lowest BCUT2D eigenvalue weighted by molar-refractivity contribution is -0.159. The van der Waals surface area contributed by atoms with Crippen LogP contribution < -0.4 is 9.47 Å². The summed E-state index contributed by atoms with van der Waals surface area (Å²) in [6, 6.07) is 18.3. The summed E-state index contributed by atoms with van der Waals surface area (Å²) in [6.45, 7) is 6.04. The van der Waals surface area contributed by atoms with Gasteiger partial charge in [0.05, 0.1) is 0 Å². The standard InChI is InChI=1S/C23H24N2O3.2C2H2O4/c26-21-7-6-18-3-1-2-4-19(18)20(21)15-25-11-9-24(10-12-25)14-17-5-8-22-23(13-17)28-16-27-22;2*3-1(4)2(5)6/h1-8,13,26H,9-12,14-16H2;2*(H,3,4)(H,5,6). The summed E-state index contributed by atoms with van der Waals surface area (Å²) in [5.74, 6) is -5.22. The number of phenols is 1. The average Bonchev–Trinajstić information content (AvgIpc) is 3.40. The predicted molar refractivity (Wildman–Crippen MR) is 139 cm³/mol. The Morgan fingerprint density at radius 2 is 1.23 bits per heavy atom. The second-order valence-corrected chi connectivity index (χ2v) is 8.74. The molecule has 13 heteroatoms. The van der Waals surface area contributed by atoms with E-state index in [0.29, 0.717) is 12.5 Å². The lowest BCUT2D eigenvalue weighted by Gasteiger charge is -2.35. The van der Waals surface area contributed by atoms with Crippen LogP contribution in [0.1, 0.15) is 11.1 Å². The second-order valence-electron chi connectivity index (χ2n) is 8.74. The van der Waals surface area contributed by atoms with Crippen molar-refractivity contribution < 1.29 is 54.2 Å². The maximum absolute atomic E-state index is 10.4. The lowest BCUT2D eigenvalue weighted by atomic mass is 10.0. The summed E-state index contributed by atoms with van der Waals surface area (Å²) < 4.78 is 10.9. The lowest BCUT2D eigenvalue weighted by Crippen LogP contribution is -2.45. The number of hydrogen-bond donors (Lipinski definition) is 5. The van der Waals surface area contributed by atoms with E-state index < -0.39 is 23.9 Å². The molecule has 0 amide bonds. The van der Waals surface area contributed by atoms with Crippen molar-refractivity contribution in [2.45, 2.75) is 13.1 Å². The molecule has 1 fully saturated rings. The Hall–Kier alpha value is -4.88. The van der Waals surface area contributed by atoms with E-state index in [0.717, 1.165) is 61.7 Å². The van der Waals surface area contributed by atoms with Crippen LogP contribution in [-0.4, -0.2) is 92.2 Å². The number of hydrogen-bond acceptors (Lipinski definition) is 9. The van der Waals surface area contributed by atoms with E-state index in [1.165, 1.54) is 10.9 Å². The molecule has 5 rings (SSSR count). The van der Waals surface area contributed by atoms with Crippen molar-refractivity contribution in [1.82, 2.24) is 9.80 Å². The van der Waals surface area contributed by atoms with Crippen LogP contribution >= 0.6 is 0 Å². The van der Waals surface area contributed by atoms with Crippen LogP contribution in [0.4, 0.5) is 0 Å².